The van der Waals surface area contributed by atoms with E-state index in [0.717, 1.165) is 19.3 Å². The van der Waals surface area contributed by atoms with Gasteiger partial charge in [-0.2, -0.15) is 0 Å². The van der Waals surface area contributed by atoms with E-state index in [1.807, 2.05) is 0 Å². The average molecular weight is 229 g/mol. The number of nitrogens with one attached hydrogen (secondary N) is 1. The first-order valence-corrected chi connectivity index (χ1v) is 5.23. The van der Waals surface area contributed by atoms with E-state index in [4.69, 9.17) is 10.2 Å². The maximum Gasteiger partial charge on any atom is 0.326 e. The van der Waals surface area contributed by atoms with E-state index in [0.29, 0.717) is 12.3 Å². The zero-order valence-corrected chi connectivity index (χ0v) is 8.81. The number of carbonyl (C=O) groups excluding carboxylic acids is 1. The third-order valence-corrected chi connectivity index (χ3v) is 2.71. The lowest BCUT2D eigenvalue weighted by Gasteiger charge is -2.25. The van der Waals surface area contributed by atoms with Crippen molar-refractivity contribution in [3.8, 4) is 0 Å². The second-order valence-corrected chi connectivity index (χ2v) is 4.06. The molecule has 1 fully saturated rings. The Balaban J connectivity index is 2.37. The molecule has 0 spiro atoms. The summed E-state index contributed by atoms with van der Waals surface area (Å²) in [5, 5.41) is 19.4. The molecule has 1 aliphatic carbocycles. The van der Waals surface area contributed by atoms with Crippen molar-refractivity contribution >= 4 is 17.8 Å². The summed E-state index contributed by atoms with van der Waals surface area (Å²) in [6.45, 7) is 0. The molecule has 0 bridgehead atoms. The zero-order chi connectivity index (χ0) is 12.1. The van der Waals surface area contributed by atoms with Gasteiger partial charge in [0.05, 0.1) is 6.42 Å². The van der Waals surface area contributed by atoms with Gasteiger partial charge in [-0.25, -0.2) is 4.79 Å². The second-order valence-electron chi connectivity index (χ2n) is 4.06. The molecule has 6 nitrogen and oxygen atoms in total. The Bertz CT molecular complexity index is 298. The molecule has 90 valence electrons. The molecule has 0 heterocycles. The summed E-state index contributed by atoms with van der Waals surface area (Å²) in [5.74, 6) is -2.60. The number of carboxylic acids is 2. The number of rotatable bonds is 6. The Labute approximate surface area is 92.6 Å². The number of carboxylic acid groups (broad SMARTS) is 2. The van der Waals surface area contributed by atoms with Crippen molar-refractivity contribution in [2.75, 3.05) is 0 Å². The third-order valence-electron chi connectivity index (χ3n) is 2.71. The highest BCUT2D eigenvalue weighted by Crippen LogP contribution is 2.29. The minimum atomic E-state index is -1.33. The summed E-state index contributed by atoms with van der Waals surface area (Å²) in [5.41, 5.74) is 0. The zero-order valence-electron chi connectivity index (χ0n) is 8.81. The van der Waals surface area contributed by atoms with Crippen LogP contribution >= 0.6 is 0 Å². The Morgan fingerprint density at radius 3 is 2.25 bits per heavy atom. The lowest BCUT2D eigenvalue weighted by Crippen LogP contribution is -2.43. The van der Waals surface area contributed by atoms with Gasteiger partial charge in [-0.05, 0) is 18.8 Å². The normalized spacial score (nSPS) is 17.2. The van der Waals surface area contributed by atoms with E-state index in [-0.39, 0.29) is 5.91 Å². The van der Waals surface area contributed by atoms with Gasteiger partial charge in [0.15, 0.2) is 0 Å². The van der Waals surface area contributed by atoms with Gasteiger partial charge < -0.3 is 15.5 Å². The van der Waals surface area contributed by atoms with Crippen LogP contribution in [0.4, 0.5) is 0 Å². The fraction of sp³-hybridized carbons (Fsp3) is 0.700. The molecular weight excluding hydrogens is 214 g/mol. The molecule has 0 aromatic carbocycles. The quantitative estimate of drug-likeness (QED) is 0.604. The number of hydrogen-bond acceptors (Lipinski definition) is 3. The lowest BCUT2D eigenvalue weighted by atomic mass is 9.83. The van der Waals surface area contributed by atoms with Gasteiger partial charge in [0.25, 0.3) is 0 Å². The number of hydrogen-bond donors (Lipinski definition) is 3. The molecule has 3 N–H and O–H groups in total. The van der Waals surface area contributed by atoms with E-state index >= 15 is 0 Å². The summed E-state index contributed by atoms with van der Waals surface area (Å²) in [4.78, 5) is 32.4. The summed E-state index contributed by atoms with van der Waals surface area (Å²) in [7, 11) is 0. The molecule has 1 amide bonds. The van der Waals surface area contributed by atoms with Crippen LogP contribution in [0, 0.1) is 5.92 Å². The Morgan fingerprint density at radius 2 is 1.88 bits per heavy atom. The highest BCUT2D eigenvalue weighted by atomic mass is 16.4. The summed E-state index contributed by atoms with van der Waals surface area (Å²) in [6, 6.07) is -1.33. The van der Waals surface area contributed by atoms with Crippen LogP contribution in [0.2, 0.25) is 0 Å². The molecule has 0 radical (unpaired) electrons. The molecule has 6 heteroatoms. The summed E-state index contributed by atoms with van der Waals surface area (Å²) in [6.07, 6.45) is 2.79. The van der Waals surface area contributed by atoms with E-state index < -0.39 is 24.4 Å². The van der Waals surface area contributed by atoms with Crippen molar-refractivity contribution in [2.24, 2.45) is 5.92 Å². The fourth-order valence-electron chi connectivity index (χ4n) is 1.59. The molecule has 1 saturated carbocycles. The van der Waals surface area contributed by atoms with Gasteiger partial charge in [0.2, 0.25) is 5.91 Å². The molecule has 1 rings (SSSR count). The first kappa shape index (κ1) is 12.5. The Kier molecular flexibility index (Phi) is 4.28. The van der Waals surface area contributed by atoms with Crippen molar-refractivity contribution in [1.82, 2.24) is 5.32 Å². The van der Waals surface area contributed by atoms with Crippen LogP contribution in [0.25, 0.3) is 0 Å². The molecule has 0 aromatic rings. The van der Waals surface area contributed by atoms with Crippen LogP contribution < -0.4 is 5.32 Å². The highest BCUT2D eigenvalue weighted by Gasteiger charge is 2.26. The topological polar surface area (TPSA) is 104 Å². The monoisotopic (exact) mass is 229 g/mol. The van der Waals surface area contributed by atoms with E-state index in [1.54, 1.807) is 0 Å². The van der Waals surface area contributed by atoms with Gasteiger partial charge >= 0.3 is 11.9 Å². The van der Waals surface area contributed by atoms with E-state index in [2.05, 4.69) is 5.32 Å². The van der Waals surface area contributed by atoms with Crippen molar-refractivity contribution in [3.63, 3.8) is 0 Å². The summed E-state index contributed by atoms with van der Waals surface area (Å²) >= 11 is 0. The lowest BCUT2D eigenvalue weighted by molar-refractivity contribution is -0.147. The maximum absolute atomic E-state index is 11.4. The van der Waals surface area contributed by atoms with Crippen LogP contribution in [0.3, 0.4) is 0 Å². The van der Waals surface area contributed by atoms with Crippen molar-refractivity contribution in [3.05, 3.63) is 0 Å². The number of carbonyl (C=O) groups is 3. The second kappa shape index (κ2) is 5.48. The van der Waals surface area contributed by atoms with Crippen LogP contribution in [-0.4, -0.2) is 34.1 Å². The molecule has 0 aliphatic heterocycles. The maximum atomic E-state index is 11.4. The largest absolute Gasteiger partial charge is 0.481 e. The fourth-order valence-corrected chi connectivity index (χ4v) is 1.59. The summed E-state index contributed by atoms with van der Waals surface area (Å²) < 4.78 is 0. The van der Waals surface area contributed by atoms with Gasteiger partial charge in [-0.1, -0.05) is 6.42 Å². The van der Waals surface area contributed by atoms with Crippen LogP contribution in [0.1, 0.15) is 32.1 Å². The minimum Gasteiger partial charge on any atom is -0.481 e. The third kappa shape index (κ3) is 3.88. The van der Waals surface area contributed by atoms with Crippen molar-refractivity contribution in [1.29, 1.82) is 0 Å². The molecule has 1 aliphatic rings. The highest BCUT2D eigenvalue weighted by molar-refractivity contribution is 5.86. The molecule has 1 atom stereocenters. The van der Waals surface area contributed by atoms with Crippen molar-refractivity contribution in [2.45, 2.75) is 38.1 Å². The smallest absolute Gasteiger partial charge is 0.326 e. The molecule has 0 saturated heterocycles. The van der Waals surface area contributed by atoms with Gasteiger partial charge in [-0.3, -0.25) is 9.59 Å². The van der Waals surface area contributed by atoms with Gasteiger partial charge in [0.1, 0.15) is 6.04 Å². The average Bonchev–Trinajstić information content (AvgIpc) is 2.09. The van der Waals surface area contributed by atoms with E-state index in [1.165, 1.54) is 0 Å². The molecule has 0 aromatic heterocycles. The predicted molar refractivity (Wildman–Crippen MR) is 53.8 cm³/mol. The SMILES string of the molecule is O=C(O)C[C@H](NC(=O)CC1CCC1)C(=O)O. The van der Waals surface area contributed by atoms with Crippen LogP contribution in [0.15, 0.2) is 0 Å². The number of amides is 1. The van der Waals surface area contributed by atoms with Crippen LogP contribution in [-0.2, 0) is 14.4 Å². The van der Waals surface area contributed by atoms with Crippen LogP contribution in [0.5, 0.6) is 0 Å². The first-order valence-electron chi connectivity index (χ1n) is 5.23. The first-order chi connectivity index (χ1) is 7.49. The molecule has 0 unspecified atom stereocenters. The van der Waals surface area contributed by atoms with Gasteiger partial charge in [-0.15, -0.1) is 0 Å². The molecule has 16 heavy (non-hydrogen) atoms. The Morgan fingerprint density at radius 1 is 1.25 bits per heavy atom. The van der Waals surface area contributed by atoms with Crippen molar-refractivity contribution < 1.29 is 24.6 Å². The van der Waals surface area contributed by atoms with Gasteiger partial charge in [0, 0.05) is 6.42 Å². The minimum absolute atomic E-state index is 0.295. The predicted octanol–water partition coefficient (Wildman–Crippen LogP) is 0.221. The Hall–Kier alpha value is -1.59. The number of aliphatic carboxylic acids is 2. The van der Waals surface area contributed by atoms with E-state index in [9.17, 15) is 14.4 Å². The standard InChI is InChI=1S/C10H15NO5/c12-8(4-6-2-1-3-6)11-7(10(15)16)5-9(13)14/h6-7H,1-5H2,(H,11,12)(H,13,14)(H,15,16)/t7-/m0/s1. The molecular formula is C10H15NO5.